The number of hydrogen-bond acceptors (Lipinski definition) is 3. The van der Waals surface area contributed by atoms with Crippen LogP contribution in [0.3, 0.4) is 0 Å². The van der Waals surface area contributed by atoms with Crippen LogP contribution in [0.5, 0.6) is 0 Å². The van der Waals surface area contributed by atoms with Crippen molar-refractivity contribution in [3.8, 4) is 0 Å². The summed E-state index contributed by atoms with van der Waals surface area (Å²) in [4.78, 5) is 7.86. The van der Waals surface area contributed by atoms with Crippen molar-refractivity contribution in [2.75, 3.05) is 33.9 Å². The second-order valence-electron chi connectivity index (χ2n) is 4.66. The molecule has 0 aromatic carbocycles. The smallest absolute Gasteiger partial charge is 0.193 e. The van der Waals surface area contributed by atoms with Gasteiger partial charge in [-0.1, -0.05) is 11.6 Å². The van der Waals surface area contributed by atoms with E-state index in [1.54, 1.807) is 18.4 Å². The summed E-state index contributed by atoms with van der Waals surface area (Å²) in [6, 6.07) is 3.97. The van der Waals surface area contributed by atoms with Gasteiger partial charge in [0.25, 0.3) is 0 Å². The molecule has 1 aliphatic rings. The lowest BCUT2D eigenvalue weighted by atomic mass is 10.1. The maximum absolute atomic E-state index is 5.93. The molecule has 1 aromatic heterocycles. The van der Waals surface area contributed by atoms with E-state index >= 15 is 0 Å². The van der Waals surface area contributed by atoms with Crippen molar-refractivity contribution in [3.05, 3.63) is 21.3 Å². The molecule has 7 heteroatoms. The number of methoxy groups -OCH3 is 1. The third kappa shape index (κ3) is 5.05. The number of thiophene rings is 1. The second kappa shape index (κ2) is 9.07. The number of nitrogens with one attached hydrogen (secondary N) is 1. The summed E-state index contributed by atoms with van der Waals surface area (Å²) in [6.45, 7) is 3.65. The quantitative estimate of drug-likeness (QED) is 0.454. The van der Waals surface area contributed by atoms with Gasteiger partial charge < -0.3 is 15.0 Å². The molecule has 2 heterocycles. The summed E-state index contributed by atoms with van der Waals surface area (Å²) in [5.41, 5.74) is 0. The standard InChI is InChI=1S/C13H20ClN3OS.HI/c1-15-13(16-7-11-3-4-12(14)19-11)17-6-5-10(8-17)9-18-2;/h3-4,10H,5-9H2,1-2H3,(H,15,16);1H. The Bertz CT molecular complexity index is 441. The van der Waals surface area contributed by atoms with Crippen molar-refractivity contribution in [1.29, 1.82) is 0 Å². The molecule has 2 rings (SSSR count). The Kier molecular flexibility index (Phi) is 8.16. The van der Waals surface area contributed by atoms with Crippen molar-refractivity contribution < 1.29 is 4.74 Å². The van der Waals surface area contributed by atoms with Crippen molar-refractivity contribution in [2.24, 2.45) is 10.9 Å². The summed E-state index contributed by atoms with van der Waals surface area (Å²) < 4.78 is 6.05. The van der Waals surface area contributed by atoms with E-state index in [0.29, 0.717) is 5.92 Å². The first-order chi connectivity index (χ1) is 9.22. The Morgan fingerprint density at radius 3 is 3.00 bits per heavy atom. The number of hydrogen-bond donors (Lipinski definition) is 1. The predicted octanol–water partition coefficient (Wildman–Crippen LogP) is 3.06. The minimum Gasteiger partial charge on any atom is -0.384 e. The maximum Gasteiger partial charge on any atom is 0.193 e. The van der Waals surface area contributed by atoms with Crippen LogP contribution in [0.1, 0.15) is 11.3 Å². The molecule has 1 fully saturated rings. The summed E-state index contributed by atoms with van der Waals surface area (Å²) in [5, 5.41) is 3.39. The zero-order valence-electron chi connectivity index (χ0n) is 11.8. The van der Waals surface area contributed by atoms with Gasteiger partial charge in [0.1, 0.15) is 0 Å². The summed E-state index contributed by atoms with van der Waals surface area (Å²) >= 11 is 7.53. The van der Waals surface area contributed by atoms with Gasteiger partial charge in [0.05, 0.1) is 17.5 Å². The summed E-state index contributed by atoms with van der Waals surface area (Å²) in [5.74, 6) is 1.57. The lowest BCUT2D eigenvalue weighted by molar-refractivity contribution is 0.157. The minimum atomic E-state index is 0. The zero-order chi connectivity index (χ0) is 13.7. The van der Waals surface area contributed by atoms with Gasteiger partial charge in [0, 0.05) is 38.0 Å². The van der Waals surface area contributed by atoms with Crippen LogP contribution in [0.4, 0.5) is 0 Å². The highest BCUT2D eigenvalue weighted by Crippen LogP contribution is 2.21. The molecular formula is C13H21ClIN3OS. The Hall–Kier alpha value is -0.0500. The van der Waals surface area contributed by atoms with Gasteiger partial charge in [-0.05, 0) is 18.6 Å². The zero-order valence-corrected chi connectivity index (χ0v) is 15.7. The average molecular weight is 430 g/mol. The number of ether oxygens (including phenoxy) is 1. The normalized spacial score (nSPS) is 19.1. The van der Waals surface area contributed by atoms with Crippen LogP contribution in [0, 0.1) is 5.92 Å². The fourth-order valence-electron chi connectivity index (χ4n) is 2.34. The van der Waals surface area contributed by atoms with Crippen LogP contribution in [-0.2, 0) is 11.3 Å². The number of halogens is 2. The fraction of sp³-hybridized carbons (Fsp3) is 0.615. The van der Waals surface area contributed by atoms with E-state index in [-0.39, 0.29) is 24.0 Å². The number of aliphatic imine (C=N–C) groups is 1. The van der Waals surface area contributed by atoms with Crippen LogP contribution in [0.25, 0.3) is 0 Å². The van der Waals surface area contributed by atoms with Gasteiger partial charge in [-0.2, -0.15) is 0 Å². The van der Waals surface area contributed by atoms with Gasteiger partial charge in [0.15, 0.2) is 5.96 Å². The molecule has 1 unspecified atom stereocenters. The molecule has 4 nitrogen and oxygen atoms in total. The lowest BCUT2D eigenvalue weighted by Crippen LogP contribution is -2.39. The van der Waals surface area contributed by atoms with Crippen LogP contribution in [-0.4, -0.2) is 44.7 Å². The van der Waals surface area contributed by atoms with E-state index in [0.717, 1.165) is 36.5 Å². The molecule has 20 heavy (non-hydrogen) atoms. The molecule has 0 radical (unpaired) electrons. The highest BCUT2D eigenvalue weighted by atomic mass is 127. The first-order valence-electron chi connectivity index (χ1n) is 6.41. The van der Waals surface area contributed by atoms with E-state index in [4.69, 9.17) is 16.3 Å². The third-order valence-corrected chi connectivity index (χ3v) is 4.48. The van der Waals surface area contributed by atoms with E-state index in [1.807, 2.05) is 19.2 Å². The molecule has 0 saturated carbocycles. The Morgan fingerprint density at radius 1 is 1.60 bits per heavy atom. The number of rotatable bonds is 4. The SMILES string of the molecule is CN=C(NCc1ccc(Cl)s1)N1CCC(COC)C1.I. The van der Waals surface area contributed by atoms with Crippen molar-refractivity contribution in [1.82, 2.24) is 10.2 Å². The molecule has 0 aliphatic carbocycles. The van der Waals surface area contributed by atoms with E-state index < -0.39 is 0 Å². The molecule has 0 spiro atoms. The summed E-state index contributed by atoms with van der Waals surface area (Å²) in [6.07, 6.45) is 1.17. The molecule has 0 bridgehead atoms. The lowest BCUT2D eigenvalue weighted by Gasteiger charge is -2.21. The van der Waals surface area contributed by atoms with Gasteiger partial charge in [0.2, 0.25) is 0 Å². The van der Waals surface area contributed by atoms with Gasteiger partial charge >= 0.3 is 0 Å². The second-order valence-corrected chi connectivity index (χ2v) is 6.46. The monoisotopic (exact) mass is 429 g/mol. The fourth-order valence-corrected chi connectivity index (χ4v) is 3.37. The Morgan fingerprint density at radius 2 is 2.40 bits per heavy atom. The molecule has 1 aromatic rings. The Balaban J connectivity index is 0.00000200. The largest absolute Gasteiger partial charge is 0.384 e. The van der Waals surface area contributed by atoms with E-state index in [9.17, 15) is 0 Å². The van der Waals surface area contributed by atoms with Crippen LogP contribution in [0.2, 0.25) is 4.34 Å². The topological polar surface area (TPSA) is 36.9 Å². The van der Waals surface area contributed by atoms with Gasteiger partial charge in [-0.15, -0.1) is 35.3 Å². The van der Waals surface area contributed by atoms with Crippen molar-refractivity contribution in [3.63, 3.8) is 0 Å². The van der Waals surface area contributed by atoms with E-state index in [1.165, 1.54) is 11.3 Å². The van der Waals surface area contributed by atoms with Gasteiger partial charge in [-0.25, -0.2) is 0 Å². The first-order valence-corrected chi connectivity index (χ1v) is 7.61. The molecule has 0 amide bonds. The minimum absolute atomic E-state index is 0. The number of guanidine groups is 1. The number of nitrogens with zero attached hydrogens (tertiary/aromatic N) is 2. The van der Waals surface area contributed by atoms with Crippen LogP contribution >= 0.6 is 46.9 Å². The molecular weight excluding hydrogens is 409 g/mol. The maximum atomic E-state index is 5.93. The van der Waals surface area contributed by atoms with Crippen LogP contribution < -0.4 is 5.32 Å². The highest BCUT2D eigenvalue weighted by Gasteiger charge is 2.24. The van der Waals surface area contributed by atoms with Crippen molar-refractivity contribution >= 4 is 52.9 Å². The summed E-state index contributed by atoms with van der Waals surface area (Å²) in [7, 11) is 3.59. The first kappa shape index (κ1) is 18.0. The number of likely N-dealkylation sites (tertiary alicyclic amines) is 1. The molecule has 1 aliphatic heterocycles. The van der Waals surface area contributed by atoms with Crippen LogP contribution in [0.15, 0.2) is 17.1 Å². The van der Waals surface area contributed by atoms with Gasteiger partial charge in [-0.3, -0.25) is 4.99 Å². The van der Waals surface area contributed by atoms with E-state index in [2.05, 4.69) is 15.2 Å². The molecule has 1 saturated heterocycles. The predicted molar refractivity (Wildman–Crippen MR) is 96.5 cm³/mol. The highest BCUT2D eigenvalue weighted by molar-refractivity contribution is 14.0. The van der Waals surface area contributed by atoms with Crippen molar-refractivity contribution in [2.45, 2.75) is 13.0 Å². The molecule has 1 atom stereocenters. The molecule has 114 valence electrons. The Labute approximate surface area is 146 Å². The third-order valence-electron chi connectivity index (χ3n) is 3.25. The average Bonchev–Trinajstić information content (AvgIpc) is 3.01. The molecule has 1 N–H and O–H groups in total.